The molecule has 0 saturated heterocycles. The van der Waals surface area contributed by atoms with Gasteiger partial charge in [0.25, 0.3) is 0 Å². The molecule has 0 aromatic rings. The molecule has 0 aromatic carbocycles. The van der Waals surface area contributed by atoms with Gasteiger partial charge < -0.3 is 0 Å². The van der Waals surface area contributed by atoms with E-state index in [2.05, 4.69) is 0 Å². The highest BCUT2D eigenvalue weighted by atomic mass is 32.2. The van der Waals surface area contributed by atoms with Crippen LogP contribution in [0.25, 0.3) is 0 Å². The Balaban J connectivity index is -0.0000000581. The van der Waals surface area contributed by atoms with Gasteiger partial charge in [0.05, 0.1) is 0 Å². The highest BCUT2D eigenvalue weighted by Crippen LogP contribution is 1.75. The molecule has 8 nitrogen and oxygen atoms in total. The summed E-state index contributed by atoms with van der Waals surface area (Å²) in [6.07, 6.45) is 3.47. The van der Waals surface area contributed by atoms with Crippen molar-refractivity contribution < 1.29 is 22.8 Å². The van der Waals surface area contributed by atoms with Gasteiger partial charge in [-0.05, 0) is 0 Å². The van der Waals surface area contributed by atoms with E-state index >= 15 is 0 Å². The zero-order chi connectivity index (χ0) is 13.3. The van der Waals surface area contributed by atoms with Gasteiger partial charge in [-0.25, -0.2) is 39.0 Å². The molecule has 15 heavy (non-hydrogen) atoms. The second kappa shape index (κ2) is 22.7. The van der Waals surface area contributed by atoms with Gasteiger partial charge in [0.2, 0.25) is 18.2 Å². The van der Waals surface area contributed by atoms with Crippen molar-refractivity contribution in [2.75, 3.05) is 12.0 Å². The van der Waals surface area contributed by atoms with E-state index in [0.717, 1.165) is 18.2 Å². The van der Waals surface area contributed by atoms with Gasteiger partial charge in [0.15, 0.2) is 0 Å². The first-order chi connectivity index (χ1) is 6.80. The van der Waals surface area contributed by atoms with Crippen molar-refractivity contribution >= 4 is 28.1 Å². The lowest BCUT2D eigenvalue weighted by Gasteiger charge is -1.81. The molecule has 0 radical (unpaired) electrons. The average Bonchev–Trinajstić information content (AvgIpc) is 2.07. The molecular formula is C6H11N3O5S. The quantitative estimate of drug-likeness (QED) is 0.423. The second-order valence-corrected chi connectivity index (χ2v) is 3.95. The number of isocyanates is 3. The first kappa shape index (κ1) is 23.2. The van der Waals surface area contributed by atoms with E-state index in [4.69, 9.17) is 30.6 Å². The topological polar surface area (TPSA) is 157 Å². The van der Waals surface area contributed by atoms with Crippen LogP contribution in [0, 0.1) is 16.2 Å². The third-order valence-electron chi connectivity index (χ3n) is 0.524. The molecule has 0 unspecified atom stereocenters. The summed E-state index contributed by atoms with van der Waals surface area (Å²) in [6, 6.07) is 0. The third kappa shape index (κ3) is 1040. The van der Waals surface area contributed by atoms with Crippen LogP contribution >= 0.6 is 0 Å². The highest BCUT2D eigenvalue weighted by Gasteiger charge is 1.90. The number of hydrogen-bond acceptors (Lipinski definition) is 8. The minimum absolute atomic E-state index is 0.243. The SMILES string of the molecule is CCS(C)(=O)=O.N=C=O.N=C=O.N=C=O. The summed E-state index contributed by atoms with van der Waals surface area (Å²) in [7, 11) is -2.66. The predicted octanol–water partition coefficient (Wildman–Crippen LogP) is -0.246. The summed E-state index contributed by atoms with van der Waals surface area (Å²) in [6.45, 7) is 1.62. The Morgan fingerprint density at radius 2 is 1.00 bits per heavy atom. The summed E-state index contributed by atoms with van der Waals surface area (Å²) < 4.78 is 20.0. The van der Waals surface area contributed by atoms with Gasteiger partial charge in [-0.15, -0.1) is 0 Å². The fourth-order valence-electron chi connectivity index (χ4n) is 0. The Hall–Kier alpha value is -1.91. The van der Waals surface area contributed by atoms with Gasteiger partial charge >= 0.3 is 0 Å². The molecule has 0 aliphatic carbocycles. The smallest absolute Gasteiger partial charge is 0.229 e. The minimum atomic E-state index is -2.66. The lowest BCUT2D eigenvalue weighted by molar-refractivity contribution is 0.562. The van der Waals surface area contributed by atoms with Crippen molar-refractivity contribution in [2.45, 2.75) is 6.92 Å². The predicted molar refractivity (Wildman–Crippen MR) is 50.6 cm³/mol. The van der Waals surface area contributed by atoms with Crippen molar-refractivity contribution in [1.29, 1.82) is 16.2 Å². The maximum absolute atomic E-state index is 10.0. The van der Waals surface area contributed by atoms with Crippen LogP contribution in [0.3, 0.4) is 0 Å². The molecule has 0 saturated carbocycles. The molecule has 0 bridgehead atoms. The van der Waals surface area contributed by atoms with Crippen molar-refractivity contribution in [3.63, 3.8) is 0 Å². The minimum Gasteiger partial charge on any atom is -0.229 e. The van der Waals surface area contributed by atoms with Crippen molar-refractivity contribution in [1.82, 2.24) is 0 Å². The van der Waals surface area contributed by atoms with Gasteiger partial charge in [-0.3, -0.25) is 0 Å². The standard InChI is InChI=1S/C3H8O2S.3CHNO/c1-3-6(2,4)5;3*2-1-3/h3H2,1-2H3;3*2H. The van der Waals surface area contributed by atoms with Crippen molar-refractivity contribution in [3.8, 4) is 0 Å². The van der Waals surface area contributed by atoms with E-state index in [1.807, 2.05) is 0 Å². The van der Waals surface area contributed by atoms with E-state index in [1.165, 1.54) is 6.26 Å². The highest BCUT2D eigenvalue weighted by molar-refractivity contribution is 7.90. The molecule has 0 aromatic heterocycles. The maximum Gasteiger partial charge on any atom is 0.231 e. The number of rotatable bonds is 1. The van der Waals surface area contributed by atoms with Crippen LogP contribution in [0.4, 0.5) is 0 Å². The first-order valence-corrected chi connectivity index (χ1v) is 5.16. The lowest BCUT2D eigenvalue weighted by atomic mass is 11.0. The van der Waals surface area contributed by atoms with Crippen LogP contribution in [-0.2, 0) is 24.2 Å². The number of hydrogen-bond donors (Lipinski definition) is 3. The molecule has 0 aliphatic heterocycles. The fraction of sp³-hybridized carbons (Fsp3) is 0.500. The molecule has 9 heteroatoms. The molecule has 0 heterocycles. The monoisotopic (exact) mass is 237 g/mol. The van der Waals surface area contributed by atoms with Gasteiger partial charge in [-0.2, -0.15) is 0 Å². The van der Waals surface area contributed by atoms with Crippen LogP contribution in [-0.4, -0.2) is 38.7 Å². The molecule has 0 rings (SSSR count). The Morgan fingerprint density at radius 1 is 0.933 bits per heavy atom. The first-order valence-electron chi connectivity index (χ1n) is 3.10. The molecule has 0 fully saturated rings. The molecule has 0 amide bonds. The molecular weight excluding hydrogens is 226 g/mol. The number of carbonyl (C=O) groups excluding carboxylic acids is 3. The summed E-state index contributed by atoms with van der Waals surface area (Å²) in [5, 5.41) is 16.2. The van der Waals surface area contributed by atoms with E-state index in [0.29, 0.717) is 0 Å². The van der Waals surface area contributed by atoms with Gasteiger partial charge in [-0.1, -0.05) is 6.92 Å². The van der Waals surface area contributed by atoms with Crippen molar-refractivity contribution in [3.05, 3.63) is 0 Å². The Morgan fingerprint density at radius 3 is 1.00 bits per heavy atom. The Bertz CT molecular complexity index is 288. The second-order valence-electron chi connectivity index (χ2n) is 1.52. The van der Waals surface area contributed by atoms with Gasteiger partial charge in [0.1, 0.15) is 9.84 Å². The molecule has 3 N–H and O–H groups in total. The van der Waals surface area contributed by atoms with Crippen LogP contribution in [0.1, 0.15) is 6.92 Å². The third-order valence-corrected chi connectivity index (χ3v) is 1.57. The largest absolute Gasteiger partial charge is 0.231 e. The summed E-state index contributed by atoms with van der Waals surface area (Å²) in [5.74, 6) is 0.243. The van der Waals surface area contributed by atoms with Gasteiger partial charge in [0, 0.05) is 12.0 Å². The molecule has 0 aliphatic rings. The van der Waals surface area contributed by atoms with Crippen LogP contribution in [0.5, 0.6) is 0 Å². The van der Waals surface area contributed by atoms with E-state index in [1.54, 1.807) is 6.92 Å². The Kier molecular flexibility index (Phi) is 35.1. The van der Waals surface area contributed by atoms with E-state index < -0.39 is 9.84 Å². The van der Waals surface area contributed by atoms with Crippen LogP contribution < -0.4 is 0 Å². The zero-order valence-corrected chi connectivity index (χ0v) is 8.97. The number of nitrogens with one attached hydrogen (secondary N) is 3. The van der Waals surface area contributed by atoms with E-state index in [9.17, 15) is 8.42 Å². The van der Waals surface area contributed by atoms with Crippen LogP contribution in [0.2, 0.25) is 0 Å². The lowest BCUT2D eigenvalue weighted by Crippen LogP contribution is -1.96. The van der Waals surface area contributed by atoms with E-state index in [-0.39, 0.29) is 5.75 Å². The summed E-state index contributed by atoms with van der Waals surface area (Å²) in [4.78, 5) is 25.0. The molecule has 0 atom stereocenters. The molecule has 0 spiro atoms. The average molecular weight is 237 g/mol. The maximum atomic E-state index is 10.0. The Labute approximate surface area is 86.7 Å². The van der Waals surface area contributed by atoms with Crippen LogP contribution in [0.15, 0.2) is 0 Å². The fourth-order valence-corrected chi connectivity index (χ4v) is 0. The summed E-state index contributed by atoms with van der Waals surface area (Å²) >= 11 is 0. The zero-order valence-electron chi connectivity index (χ0n) is 8.16. The number of sulfone groups is 1. The summed E-state index contributed by atoms with van der Waals surface area (Å²) in [5.41, 5.74) is 0. The normalized spacial score (nSPS) is 6.27. The van der Waals surface area contributed by atoms with Crippen molar-refractivity contribution in [2.24, 2.45) is 0 Å². The molecule has 86 valence electrons.